The minimum atomic E-state index is -0.194. The second kappa shape index (κ2) is 8.22. The molecular formula is C16H20Br2N4O2. The Hall–Kier alpha value is -1.25. The van der Waals surface area contributed by atoms with E-state index in [1.807, 2.05) is 31.9 Å². The van der Waals surface area contributed by atoms with Crippen LogP contribution in [0.2, 0.25) is 0 Å². The summed E-state index contributed by atoms with van der Waals surface area (Å²) in [6.07, 6.45) is 0. The van der Waals surface area contributed by atoms with E-state index in [4.69, 9.17) is 0 Å². The molecule has 0 fully saturated rings. The van der Waals surface area contributed by atoms with Crippen LogP contribution in [0.1, 0.15) is 19.7 Å². The van der Waals surface area contributed by atoms with Gasteiger partial charge in [-0.2, -0.15) is 0 Å². The summed E-state index contributed by atoms with van der Waals surface area (Å²) in [5.41, 5.74) is 0.417. The zero-order valence-corrected chi connectivity index (χ0v) is 17.1. The number of rotatable bonds is 6. The van der Waals surface area contributed by atoms with Gasteiger partial charge < -0.3 is 9.88 Å². The van der Waals surface area contributed by atoms with E-state index in [-0.39, 0.29) is 18.0 Å². The third-order valence-corrected chi connectivity index (χ3v) is 4.78. The summed E-state index contributed by atoms with van der Waals surface area (Å²) in [6, 6.07) is 3.59. The molecule has 0 aliphatic heterocycles. The monoisotopic (exact) mass is 458 g/mol. The molecule has 0 atom stereocenters. The molecule has 0 spiro atoms. The number of fused-ring (bicyclic) bond motifs is 1. The minimum Gasteiger partial charge on any atom is -0.342 e. The van der Waals surface area contributed by atoms with Gasteiger partial charge in [-0.15, -0.1) is 0 Å². The fourth-order valence-electron chi connectivity index (χ4n) is 2.51. The van der Waals surface area contributed by atoms with Gasteiger partial charge >= 0.3 is 0 Å². The highest BCUT2D eigenvalue weighted by Crippen LogP contribution is 2.25. The number of amides is 1. The van der Waals surface area contributed by atoms with Crippen molar-refractivity contribution in [1.29, 1.82) is 0 Å². The first-order valence-electron chi connectivity index (χ1n) is 7.70. The number of H-pyrrole nitrogens is 1. The molecule has 1 aromatic heterocycles. The smallest absolute Gasteiger partial charge is 0.258 e. The Morgan fingerprint density at radius 1 is 1.25 bits per heavy atom. The number of likely N-dealkylation sites (N-methyl/N-ethyl adjacent to an activating group) is 2. The van der Waals surface area contributed by atoms with Crippen molar-refractivity contribution in [3.63, 3.8) is 0 Å². The fraction of sp³-hybridized carbons (Fsp3) is 0.438. The van der Waals surface area contributed by atoms with Gasteiger partial charge in [-0.1, -0.05) is 15.9 Å². The Labute approximate surface area is 157 Å². The Kier molecular flexibility index (Phi) is 6.54. The maximum Gasteiger partial charge on any atom is 0.258 e. The third kappa shape index (κ3) is 4.43. The van der Waals surface area contributed by atoms with Crippen LogP contribution < -0.4 is 5.56 Å². The van der Waals surface area contributed by atoms with E-state index >= 15 is 0 Å². The van der Waals surface area contributed by atoms with Crippen molar-refractivity contribution >= 4 is 48.7 Å². The van der Waals surface area contributed by atoms with Gasteiger partial charge in [0.2, 0.25) is 5.91 Å². The minimum absolute atomic E-state index is 0.0655. The SMILES string of the molecule is CCN(CC)C(=O)CN(C)Cc1nc2c(Br)cc(Br)cc2c(=O)[nH]1. The summed E-state index contributed by atoms with van der Waals surface area (Å²) in [5, 5.41) is 0.516. The van der Waals surface area contributed by atoms with E-state index < -0.39 is 0 Å². The van der Waals surface area contributed by atoms with E-state index in [2.05, 4.69) is 41.8 Å². The number of hydrogen-bond acceptors (Lipinski definition) is 4. The van der Waals surface area contributed by atoms with Crippen LogP contribution in [0.25, 0.3) is 10.9 Å². The van der Waals surface area contributed by atoms with Gasteiger partial charge in [-0.25, -0.2) is 4.98 Å². The first-order chi connectivity index (χ1) is 11.3. The number of carbonyl (C=O) groups is 1. The molecule has 0 saturated heterocycles. The summed E-state index contributed by atoms with van der Waals surface area (Å²) in [7, 11) is 1.84. The molecular weight excluding hydrogens is 440 g/mol. The molecule has 0 aliphatic rings. The molecule has 1 aromatic carbocycles. The van der Waals surface area contributed by atoms with E-state index in [1.54, 1.807) is 11.0 Å². The van der Waals surface area contributed by atoms with Crippen LogP contribution in [0, 0.1) is 0 Å². The maximum atomic E-state index is 12.3. The van der Waals surface area contributed by atoms with Crippen LogP contribution in [0.3, 0.4) is 0 Å². The molecule has 24 heavy (non-hydrogen) atoms. The first-order valence-corrected chi connectivity index (χ1v) is 9.28. The van der Waals surface area contributed by atoms with Crippen molar-refractivity contribution in [3.05, 3.63) is 37.3 Å². The van der Waals surface area contributed by atoms with Gasteiger partial charge in [0.05, 0.1) is 24.0 Å². The van der Waals surface area contributed by atoms with Crippen molar-refractivity contribution in [1.82, 2.24) is 19.8 Å². The van der Waals surface area contributed by atoms with Gasteiger partial charge in [0.1, 0.15) is 5.82 Å². The lowest BCUT2D eigenvalue weighted by Gasteiger charge is -2.22. The highest BCUT2D eigenvalue weighted by molar-refractivity contribution is 9.11. The number of carbonyl (C=O) groups excluding carboxylic acids is 1. The van der Waals surface area contributed by atoms with Crippen LogP contribution in [0.4, 0.5) is 0 Å². The fourth-order valence-corrected chi connectivity index (χ4v) is 3.82. The Morgan fingerprint density at radius 3 is 2.54 bits per heavy atom. The van der Waals surface area contributed by atoms with Crippen molar-refractivity contribution in [2.75, 3.05) is 26.7 Å². The summed E-state index contributed by atoms with van der Waals surface area (Å²) in [4.78, 5) is 35.4. The van der Waals surface area contributed by atoms with Crippen LogP contribution in [0.15, 0.2) is 25.9 Å². The third-order valence-electron chi connectivity index (χ3n) is 3.72. The molecule has 2 aromatic rings. The Balaban J connectivity index is 2.21. The number of nitrogens with one attached hydrogen (secondary N) is 1. The number of hydrogen-bond donors (Lipinski definition) is 1. The second-order valence-electron chi connectivity index (χ2n) is 5.53. The summed E-state index contributed by atoms with van der Waals surface area (Å²) < 4.78 is 1.56. The largest absolute Gasteiger partial charge is 0.342 e. The number of aromatic amines is 1. The number of aromatic nitrogens is 2. The van der Waals surface area contributed by atoms with Crippen molar-refractivity contribution < 1.29 is 4.79 Å². The Morgan fingerprint density at radius 2 is 1.92 bits per heavy atom. The van der Waals surface area contributed by atoms with Crippen LogP contribution in [-0.2, 0) is 11.3 Å². The normalized spacial score (nSPS) is 11.2. The lowest BCUT2D eigenvalue weighted by atomic mass is 10.2. The van der Waals surface area contributed by atoms with Crippen molar-refractivity contribution in [2.45, 2.75) is 20.4 Å². The summed E-state index contributed by atoms with van der Waals surface area (Å²) in [5.74, 6) is 0.598. The lowest BCUT2D eigenvalue weighted by Crippen LogP contribution is -2.38. The maximum absolute atomic E-state index is 12.3. The van der Waals surface area contributed by atoms with E-state index in [0.717, 1.165) is 8.95 Å². The number of halogens is 2. The van der Waals surface area contributed by atoms with Gasteiger partial charge in [-0.3, -0.25) is 14.5 Å². The molecule has 2 rings (SSSR count). The summed E-state index contributed by atoms with van der Waals surface area (Å²) in [6.45, 7) is 5.97. The molecule has 1 N–H and O–H groups in total. The van der Waals surface area contributed by atoms with E-state index in [0.29, 0.717) is 36.4 Å². The second-order valence-corrected chi connectivity index (χ2v) is 7.30. The zero-order valence-electron chi connectivity index (χ0n) is 13.9. The van der Waals surface area contributed by atoms with Gasteiger partial charge in [-0.05, 0) is 49.0 Å². The van der Waals surface area contributed by atoms with E-state index in [9.17, 15) is 9.59 Å². The van der Waals surface area contributed by atoms with Crippen LogP contribution in [-0.4, -0.2) is 52.4 Å². The molecule has 0 aliphatic carbocycles. The summed E-state index contributed by atoms with van der Waals surface area (Å²) >= 11 is 6.81. The Bertz CT molecular complexity index is 802. The molecule has 6 nitrogen and oxygen atoms in total. The van der Waals surface area contributed by atoms with Crippen molar-refractivity contribution in [2.24, 2.45) is 0 Å². The number of nitrogens with zero attached hydrogens (tertiary/aromatic N) is 3. The zero-order chi connectivity index (χ0) is 17.9. The first kappa shape index (κ1) is 19.1. The molecule has 1 heterocycles. The average molecular weight is 460 g/mol. The van der Waals surface area contributed by atoms with Crippen LogP contribution >= 0.6 is 31.9 Å². The number of benzene rings is 1. The molecule has 1 amide bonds. The van der Waals surface area contributed by atoms with Gasteiger partial charge in [0.15, 0.2) is 0 Å². The molecule has 0 bridgehead atoms. The highest BCUT2D eigenvalue weighted by Gasteiger charge is 2.14. The van der Waals surface area contributed by atoms with E-state index in [1.165, 1.54) is 0 Å². The standard InChI is InChI=1S/C16H20Br2N4O2/c1-4-22(5-2)14(23)9-21(3)8-13-19-15-11(16(24)20-13)6-10(17)7-12(15)18/h6-7H,4-5,8-9H2,1-3H3,(H,19,20,24). The van der Waals surface area contributed by atoms with Gasteiger partial charge in [0, 0.05) is 22.0 Å². The lowest BCUT2D eigenvalue weighted by molar-refractivity contribution is -0.131. The van der Waals surface area contributed by atoms with Crippen molar-refractivity contribution in [3.8, 4) is 0 Å². The predicted octanol–water partition coefficient (Wildman–Crippen LogP) is 2.75. The van der Waals surface area contributed by atoms with Crippen LogP contribution in [0.5, 0.6) is 0 Å². The average Bonchev–Trinajstić information content (AvgIpc) is 2.49. The molecule has 0 unspecified atom stereocenters. The topological polar surface area (TPSA) is 69.3 Å². The van der Waals surface area contributed by atoms with Gasteiger partial charge in [0.25, 0.3) is 5.56 Å². The molecule has 8 heteroatoms. The predicted molar refractivity (Wildman–Crippen MR) is 102 cm³/mol. The molecule has 130 valence electrons. The molecule has 0 radical (unpaired) electrons. The highest BCUT2D eigenvalue weighted by atomic mass is 79.9. The quantitative estimate of drug-likeness (QED) is 0.721. The molecule has 0 saturated carbocycles.